The van der Waals surface area contributed by atoms with Gasteiger partial charge in [-0.2, -0.15) is 5.10 Å². The molecule has 1 unspecified atom stereocenters. The van der Waals surface area contributed by atoms with Crippen molar-refractivity contribution in [3.63, 3.8) is 0 Å². The van der Waals surface area contributed by atoms with Crippen molar-refractivity contribution in [3.05, 3.63) is 34.7 Å². The molecule has 0 radical (unpaired) electrons. The van der Waals surface area contributed by atoms with Crippen LogP contribution in [0.4, 0.5) is 5.82 Å². The van der Waals surface area contributed by atoms with Crippen molar-refractivity contribution in [2.45, 2.75) is 43.6 Å². The van der Waals surface area contributed by atoms with Gasteiger partial charge in [-0.1, -0.05) is 0 Å². The fourth-order valence-corrected chi connectivity index (χ4v) is 3.71. The Bertz CT molecular complexity index is 900. The molecule has 0 bridgehead atoms. The van der Waals surface area contributed by atoms with Crippen molar-refractivity contribution in [1.29, 1.82) is 0 Å². The summed E-state index contributed by atoms with van der Waals surface area (Å²) in [6, 6.07) is 3.12. The first-order valence-electron chi connectivity index (χ1n) is 8.72. The molecular formula is C18H22BrCl2N5O3. The van der Waals surface area contributed by atoms with Gasteiger partial charge in [-0.3, -0.25) is 14.3 Å². The number of methoxy groups -OCH3 is 1. The number of nitrogens with zero attached hydrogens (tertiary/aromatic N) is 3. The Morgan fingerprint density at radius 1 is 1.34 bits per heavy atom. The SMILES string of the molecule is CCn1nccc1C(=O)NC(C)(CC(C)(Cl)Cl)C(=O)Nc1cc(OC)c(Br)cn1. The normalized spacial score (nSPS) is 13.5. The van der Waals surface area contributed by atoms with E-state index in [0.29, 0.717) is 22.5 Å². The quantitative estimate of drug-likeness (QED) is 0.531. The molecule has 11 heteroatoms. The molecule has 2 aromatic rings. The molecule has 0 fully saturated rings. The molecule has 0 aliphatic heterocycles. The lowest BCUT2D eigenvalue weighted by atomic mass is 9.94. The molecule has 0 saturated heterocycles. The Balaban J connectivity index is 2.30. The van der Waals surface area contributed by atoms with E-state index in [9.17, 15) is 9.59 Å². The van der Waals surface area contributed by atoms with Gasteiger partial charge in [-0.25, -0.2) is 4.98 Å². The van der Waals surface area contributed by atoms with Gasteiger partial charge in [0.15, 0.2) is 0 Å². The van der Waals surface area contributed by atoms with Crippen LogP contribution >= 0.6 is 39.1 Å². The van der Waals surface area contributed by atoms with Crippen molar-refractivity contribution >= 4 is 56.8 Å². The number of carbonyl (C=O) groups excluding carboxylic acids is 2. The van der Waals surface area contributed by atoms with Gasteiger partial charge >= 0.3 is 0 Å². The smallest absolute Gasteiger partial charge is 0.270 e. The van der Waals surface area contributed by atoms with E-state index in [2.05, 4.69) is 36.6 Å². The van der Waals surface area contributed by atoms with Gasteiger partial charge < -0.3 is 15.4 Å². The van der Waals surface area contributed by atoms with Gasteiger partial charge in [-0.15, -0.1) is 23.2 Å². The van der Waals surface area contributed by atoms with Crippen LogP contribution < -0.4 is 15.4 Å². The fraction of sp³-hybridized carbons (Fsp3) is 0.444. The molecule has 8 nitrogen and oxygen atoms in total. The molecule has 29 heavy (non-hydrogen) atoms. The molecule has 0 spiro atoms. The lowest BCUT2D eigenvalue weighted by Gasteiger charge is -2.33. The van der Waals surface area contributed by atoms with E-state index in [1.54, 1.807) is 26.0 Å². The topological polar surface area (TPSA) is 98.1 Å². The van der Waals surface area contributed by atoms with Crippen LogP contribution in [0, 0.1) is 0 Å². The zero-order valence-electron chi connectivity index (χ0n) is 16.4. The van der Waals surface area contributed by atoms with Crippen LogP contribution in [-0.2, 0) is 11.3 Å². The first-order chi connectivity index (χ1) is 13.5. The lowest BCUT2D eigenvalue weighted by Crippen LogP contribution is -2.57. The fourth-order valence-electron chi connectivity index (χ4n) is 2.79. The van der Waals surface area contributed by atoms with Gasteiger partial charge in [0, 0.05) is 31.4 Å². The Kier molecular flexibility index (Phi) is 7.53. The summed E-state index contributed by atoms with van der Waals surface area (Å²) in [5.41, 5.74) is -1.11. The highest BCUT2D eigenvalue weighted by molar-refractivity contribution is 9.10. The molecular weight excluding hydrogens is 485 g/mol. The summed E-state index contributed by atoms with van der Waals surface area (Å²) in [7, 11) is 1.50. The van der Waals surface area contributed by atoms with Crippen molar-refractivity contribution in [3.8, 4) is 5.75 Å². The molecule has 2 aromatic heterocycles. The maximum atomic E-state index is 13.1. The average Bonchev–Trinajstić information content (AvgIpc) is 3.10. The van der Waals surface area contributed by atoms with Gasteiger partial charge in [-0.05, 0) is 42.8 Å². The molecule has 0 aliphatic rings. The minimum Gasteiger partial charge on any atom is -0.495 e. The summed E-state index contributed by atoms with van der Waals surface area (Å²) in [5, 5.41) is 9.49. The van der Waals surface area contributed by atoms with Crippen molar-refractivity contribution in [2.24, 2.45) is 0 Å². The maximum absolute atomic E-state index is 13.1. The number of hydrogen-bond donors (Lipinski definition) is 2. The number of aryl methyl sites for hydroxylation is 1. The average molecular weight is 507 g/mol. The van der Waals surface area contributed by atoms with E-state index in [1.165, 1.54) is 24.2 Å². The number of ether oxygens (including phenoxy) is 1. The van der Waals surface area contributed by atoms with E-state index in [0.717, 1.165) is 0 Å². The second-order valence-electron chi connectivity index (χ2n) is 6.72. The summed E-state index contributed by atoms with van der Waals surface area (Å²) < 4.78 is 6.10. The molecule has 2 amide bonds. The van der Waals surface area contributed by atoms with Crippen LogP contribution in [0.25, 0.3) is 0 Å². The third kappa shape index (κ3) is 6.07. The van der Waals surface area contributed by atoms with E-state index >= 15 is 0 Å². The second-order valence-corrected chi connectivity index (χ2v) is 9.44. The van der Waals surface area contributed by atoms with Crippen molar-refractivity contribution < 1.29 is 14.3 Å². The summed E-state index contributed by atoms with van der Waals surface area (Å²) in [6.07, 6.45) is 2.97. The highest BCUT2D eigenvalue weighted by atomic mass is 79.9. The van der Waals surface area contributed by atoms with Gasteiger partial charge in [0.2, 0.25) is 0 Å². The summed E-state index contributed by atoms with van der Waals surface area (Å²) >= 11 is 15.7. The number of hydrogen-bond acceptors (Lipinski definition) is 5. The predicted octanol–water partition coefficient (Wildman–Crippen LogP) is 3.78. The minimum absolute atomic E-state index is 0.0470. The molecule has 2 N–H and O–H groups in total. The number of alkyl halides is 2. The number of rotatable bonds is 8. The monoisotopic (exact) mass is 505 g/mol. The standard InChI is InChI=1S/C18H22BrCl2N5O3/c1-5-26-12(6-7-23-26)15(27)25-17(2,10-18(3,20)21)16(28)24-14-8-13(29-4)11(19)9-22-14/h6-9H,5,10H2,1-4H3,(H,25,27)(H,22,24,28). The van der Waals surface area contributed by atoms with Crippen LogP contribution in [0.2, 0.25) is 0 Å². The first-order valence-corrected chi connectivity index (χ1v) is 10.3. The minimum atomic E-state index is -1.43. The number of nitrogens with one attached hydrogen (secondary N) is 2. The van der Waals surface area contributed by atoms with E-state index in [4.69, 9.17) is 27.9 Å². The van der Waals surface area contributed by atoms with E-state index < -0.39 is 21.7 Å². The summed E-state index contributed by atoms with van der Waals surface area (Å²) in [4.78, 5) is 30.0. The summed E-state index contributed by atoms with van der Waals surface area (Å²) in [6.45, 7) is 5.46. The molecule has 2 heterocycles. The lowest BCUT2D eigenvalue weighted by molar-refractivity contribution is -0.121. The van der Waals surface area contributed by atoms with E-state index in [-0.39, 0.29) is 12.2 Å². The Labute approximate surface area is 187 Å². The highest BCUT2D eigenvalue weighted by Gasteiger charge is 2.41. The van der Waals surface area contributed by atoms with Crippen molar-refractivity contribution in [1.82, 2.24) is 20.1 Å². The third-order valence-electron chi connectivity index (χ3n) is 4.08. The number of anilines is 1. The van der Waals surface area contributed by atoms with Crippen LogP contribution in [0.3, 0.4) is 0 Å². The molecule has 2 rings (SSSR count). The molecule has 0 saturated carbocycles. The second kappa shape index (κ2) is 9.32. The molecule has 0 aromatic carbocycles. The third-order valence-corrected chi connectivity index (χ3v) is 4.95. The number of pyridine rings is 1. The van der Waals surface area contributed by atoms with Gasteiger partial charge in [0.05, 0.1) is 11.6 Å². The Hall–Kier alpha value is -1.84. The van der Waals surface area contributed by atoms with E-state index in [1.807, 2.05) is 6.92 Å². The zero-order chi connectivity index (χ0) is 21.8. The van der Waals surface area contributed by atoms with Gasteiger partial charge in [0.25, 0.3) is 11.8 Å². The Morgan fingerprint density at radius 2 is 2.03 bits per heavy atom. The Morgan fingerprint density at radius 3 is 2.62 bits per heavy atom. The molecule has 0 aliphatic carbocycles. The largest absolute Gasteiger partial charge is 0.495 e. The molecule has 158 valence electrons. The van der Waals surface area contributed by atoms with Crippen LogP contribution in [-0.4, -0.2) is 43.6 Å². The molecule has 1 atom stereocenters. The number of aromatic nitrogens is 3. The number of halogens is 3. The zero-order valence-corrected chi connectivity index (χ0v) is 19.5. The van der Waals surface area contributed by atoms with Gasteiger partial charge in [0.1, 0.15) is 27.1 Å². The number of carbonyl (C=O) groups is 2. The van der Waals surface area contributed by atoms with Crippen molar-refractivity contribution in [2.75, 3.05) is 12.4 Å². The number of amides is 2. The first kappa shape index (κ1) is 23.4. The van der Waals surface area contributed by atoms with Crippen LogP contribution in [0.15, 0.2) is 29.0 Å². The van der Waals surface area contributed by atoms with Crippen LogP contribution in [0.5, 0.6) is 5.75 Å². The summed E-state index contributed by atoms with van der Waals surface area (Å²) in [5.74, 6) is -0.258. The van der Waals surface area contributed by atoms with Crippen LogP contribution in [0.1, 0.15) is 37.7 Å². The predicted molar refractivity (Wildman–Crippen MR) is 116 cm³/mol. The highest BCUT2D eigenvalue weighted by Crippen LogP contribution is 2.32. The maximum Gasteiger partial charge on any atom is 0.270 e.